The maximum atomic E-state index is 12.5. The van der Waals surface area contributed by atoms with E-state index in [1.54, 1.807) is 30.3 Å². The number of rotatable bonds is 7. The zero-order valence-corrected chi connectivity index (χ0v) is 17.1. The van der Waals surface area contributed by atoms with Crippen molar-refractivity contribution in [2.75, 3.05) is 19.0 Å². The van der Waals surface area contributed by atoms with E-state index >= 15 is 0 Å². The van der Waals surface area contributed by atoms with Crippen LogP contribution in [0.2, 0.25) is 0 Å². The Morgan fingerprint density at radius 2 is 2.06 bits per heavy atom. The van der Waals surface area contributed by atoms with Crippen molar-refractivity contribution >= 4 is 31.1 Å². The number of nitrogens with zero attached hydrogens (tertiary/aromatic N) is 4. The molecule has 5 atom stereocenters. The summed E-state index contributed by atoms with van der Waals surface area (Å²) < 4.78 is 28.7. The van der Waals surface area contributed by atoms with Crippen molar-refractivity contribution in [2.24, 2.45) is 0 Å². The van der Waals surface area contributed by atoms with Gasteiger partial charge in [0.15, 0.2) is 29.3 Å². The summed E-state index contributed by atoms with van der Waals surface area (Å²) in [5, 5.41) is 12.3. The Morgan fingerprint density at radius 3 is 2.74 bits per heavy atom. The van der Waals surface area contributed by atoms with Crippen LogP contribution < -0.4 is 10.2 Å². The molecule has 162 valence electrons. The Morgan fingerprint density at radius 1 is 1.29 bits per heavy atom. The fraction of sp³-hybridized carbons (Fsp3) is 0.333. The Kier molecular flexibility index (Phi) is 6.28. The van der Waals surface area contributed by atoms with Crippen molar-refractivity contribution in [2.45, 2.75) is 24.5 Å². The summed E-state index contributed by atoms with van der Waals surface area (Å²) in [5.41, 5.74) is 1.06. The number of anilines is 1. The molecule has 1 fully saturated rings. The molecular formula is C18H18N5O7P. The van der Waals surface area contributed by atoms with Gasteiger partial charge in [0.05, 0.1) is 12.9 Å². The van der Waals surface area contributed by atoms with Gasteiger partial charge in [-0.15, -0.1) is 4.52 Å². The standard InChI is InChI=1S/C18H18N5O7P/c1-28-14-13(30-31(26)27)11(7-24)29-18(14)23-9-21-12-15(19-8-20-16(12)23)22-17(25)10-5-3-2-4-6-10/h2-6,8-9,11,13-14,18,24H,7H2,1H3,(H,19,20,22,25). The lowest BCUT2D eigenvalue weighted by molar-refractivity contribution is -0.194. The van der Waals surface area contributed by atoms with Gasteiger partial charge in [-0.1, -0.05) is 18.2 Å². The number of aromatic nitrogens is 4. The maximum absolute atomic E-state index is 12.5. The predicted octanol–water partition coefficient (Wildman–Crippen LogP) is 0.386. The summed E-state index contributed by atoms with van der Waals surface area (Å²) in [7, 11) is -1.82. The molecule has 12 nitrogen and oxygen atoms in total. The van der Waals surface area contributed by atoms with Crippen molar-refractivity contribution in [3.8, 4) is 0 Å². The minimum absolute atomic E-state index is 0.193. The summed E-state index contributed by atoms with van der Waals surface area (Å²) in [4.78, 5) is 36.2. The van der Waals surface area contributed by atoms with E-state index in [0.717, 1.165) is 0 Å². The SMILES string of the molecule is COC1C(O[P+](=O)[O-])C(CO)OC1n1cnc2c(NC(=O)c3ccccc3)ncnc21. The van der Waals surface area contributed by atoms with Gasteiger partial charge in [-0.3, -0.25) is 9.36 Å². The summed E-state index contributed by atoms with van der Waals surface area (Å²) in [6.45, 7) is -0.482. The van der Waals surface area contributed by atoms with Crippen molar-refractivity contribution in [3.63, 3.8) is 0 Å². The number of benzene rings is 1. The highest BCUT2D eigenvalue weighted by Crippen LogP contribution is 2.37. The number of amides is 1. The van der Waals surface area contributed by atoms with Crippen molar-refractivity contribution in [1.82, 2.24) is 19.5 Å². The van der Waals surface area contributed by atoms with E-state index < -0.39 is 39.4 Å². The van der Waals surface area contributed by atoms with E-state index in [0.29, 0.717) is 16.7 Å². The van der Waals surface area contributed by atoms with Crippen molar-refractivity contribution in [3.05, 3.63) is 48.5 Å². The topological polar surface area (TPSA) is 161 Å². The lowest BCUT2D eigenvalue weighted by Crippen LogP contribution is -2.36. The van der Waals surface area contributed by atoms with Crippen molar-refractivity contribution in [1.29, 1.82) is 0 Å². The van der Waals surface area contributed by atoms with Crippen LogP contribution in [0.15, 0.2) is 43.0 Å². The summed E-state index contributed by atoms with van der Waals surface area (Å²) in [6, 6.07) is 8.62. The van der Waals surface area contributed by atoms with Crippen LogP contribution in [0.1, 0.15) is 16.6 Å². The fourth-order valence-electron chi connectivity index (χ4n) is 3.46. The number of hydrogen-bond acceptors (Lipinski definition) is 10. The van der Waals surface area contributed by atoms with Gasteiger partial charge in [0.1, 0.15) is 18.5 Å². The molecule has 0 spiro atoms. The zero-order chi connectivity index (χ0) is 22.0. The van der Waals surface area contributed by atoms with Gasteiger partial charge in [0.2, 0.25) is 0 Å². The molecule has 1 aliphatic heterocycles. The van der Waals surface area contributed by atoms with Gasteiger partial charge in [-0.2, -0.15) is 0 Å². The first-order chi connectivity index (χ1) is 15.0. The third-order valence-electron chi connectivity index (χ3n) is 4.85. The van der Waals surface area contributed by atoms with Crippen LogP contribution in [-0.2, 0) is 18.6 Å². The summed E-state index contributed by atoms with van der Waals surface area (Å²) in [5.74, 6) is -0.172. The Bertz CT molecular complexity index is 1100. The largest absolute Gasteiger partial charge is 0.566 e. The van der Waals surface area contributed by atoms with Crippen LogP contribution in [0.3, 0.4) is 0 Å². The molecule has 1 amide bonds. The smallest absolute Gasteiger partial charge is 0.488 e. The third kappa shape index (κ3) is 4.17. The Balaban J connectivity index is 1.66. The van der Waals surface area contributed by atoms with Gasteiger partial charge in [-0.25, -0.2) is 15.0 Å². The average Bonchev–Trinajstić information content (AvgIpc) is 3.35. The molecule has 2 N–H and O–H groups in total. The molecule has 31 heavy (non-hydrogen) atoms. The zero-order valence-electron chi connectivity index (χ0n) is 16.2. The Labute approximate surface area is 176 Å². The van der Waals surface area contributed by atoms with Crippen LogP contribution >= 0.6 is 8.25 Å². The van der Waals surface area contributed by atoms with E-state index in [1.165, 1.54) is 24.3 Å². The van der Waals surface area contributed by atoms with Gasteiger partial charge in [-0.05, 0) is 16.7 Å². The fourth-order valence-corrected chi connectivity index (χ4v) is 3.91. The van der Waals surface area contributed by atoms with Crippen LogP contribution in [0.4, 0.5) is 5.82 Å². The van der Waals surface area contributed by atoms with Crippen LogP contribution in [0.25, 0.3) is 11.2 Å². The minimum Gasteiger partial charge on any atom is -0.566 e. The quantitative estimate of drug-likeness (QED) is 0.485. The van der Waals surface area contributed by atoms with Gasteiger partial charge in [0, 0.05) is 12.7 Å². The summed E-state index contributed by atoms with van der Waals surface area (Å²) >= 11 is 0. The van der Waals surface area contributed by atoms with Crippen LogP contribution in [0, 0.1) is 0 Å². The van der Waals surface area contributed by atoms with Crippen LogP contribution in [0.5, 0.6) is 0 Å². The second-order valence-corrected chi connectivity index (χ2v) is 7.27. The van der Waals surface area contributed by atoms with E-state index in [-0.39, 0.29) is 11.7 Å². The normalized spacial score (nSPS) is 23.8. The highest BCUT2D eigenvalue weighted by atomic mass is 31.1. The minimum atomic E-state index is -3.19. The van der Waals surface area contributed by atoms with Gasteiger partial charge >= 0.3 is 8.25 Å². The molecule has 2 aromatic heterocycles. The average molecular weight is 447 g/mol. The lowest BCUT2D eigenvalue weighted by atomic mass is 10.1. The number of fused-ring (bicyclic) bond motifs is 1. The van der Waals surface area contributed by atoms with E-state index in [4.69, 9.17) is 14.0 Å². The number of nitrogens with one attached hydrogen (secondary N) is 1. The van der Waals surface area contributed by atoms with Gasteiger partial charge in [0.25, 0.3) is 5.91 Å². The molecule has 0 bridgehead atoms. The highest BCUT2D eigenvalue weighted by Gasteiger charge is 2.50. The van der Waals surface area contributed by atoms with E-state index in [9.17, 15) is 19.4 Å². The Hall–Kier alpha value is -2.86. The molecule has 1 aliphatic rings. The molecule has 1 aromatic carbocycles. The number of carbonyl (C=O) groups is 1. The van der Waals surface area contributed by atoms with E-state index in [1.807, 2.05) is 0 Å². The van der Waals surface area contributed by atoms with E-state index in [2.05, 4.69) is 20.3 Å². The first-order valence-electron chi connectivity index (χ1n) is 9.17. The molecular weight excluding hydrogens is 429 g/mol. The second-order valence-electron chi connectivity index (χ2n) is 6.61. The first kappa shape index (κ1) is 21.4. The van der Waals surface area contributed by atoms with Crippen LogP contribution in [-0.4, -0.2) is 62.6 Å². The number of ether oxygens (including phenoxy) is 2. The first-order valence-corrected chi connectivity index (χ1v) is 10.3. The monoisotopic (exact) mass is 447 g/mol. The second kappa shape index (κ2) is 9.10. The molecule has 3 heterocycles. The molecule has 0 radical (unpaired) electrons. The molecule has 4 rings (SSSR count). The third-order valence-corrected chi connectivity index (χ3v) is 5.26. The van der Waals surface area contributed by atoms with Crippen molar-refractivity contribution < 1.29 is 33.4 Å². The number of hydrogen-bond donors (Lipinski definition) is 2. The molecule has 3 aromatic rings. The molecule has 0 aliphatic carbocycles. The van der Waals surface area contributed by atoms with Gasteiger partial charge < -0.3 is 24.8 Å². The number of methoxy groups -OCH3 is 1. The lowest BCUT2D eigenvalue weighted by Gasteiger charge is -2.20. The summed E-state index contributed by atoms with van der Waals surface area (Å²) in [6.07, 6.45) is -1.11. The number of aliphatic hydroxyl groups excluding tert-OH is 1. The highest BCUT2D eigenvalue weighted by molar-refractivity contribution is 7.30. The number of aliphatic hydroxyl groups is 1. The molecule has 13 heteroatoms. The number of imidazole rings is 1. The number of carbonyl (C=O) groups excluding carboxylic acids is 1. The predicted molar refractivity (Wildman–Crippen MR) is 104 cm³/mol. The molecule has 1 saturated heterocycles. The maximum Gasteiger partial charge on any atom is 0.488 e. The molecule has 5 unspecified atom stereocenters. The molecule has 0 saturated carbocycles.